The number of furan rings is 1. The van der Waals surface area contributed by atoms with Crippen LogP contribution in [0.4, 0.5) is 0 Å². The molecule has 0 aliphatic carbocycles. The van der Waals surface area contributed by atoms with Crippen molar-refractivity contribution in [3.63, 3.8) is 0 Å². The zero-order chi connectivity index (χ0) is 10.8. The zero-order valence-electron chi connectivity index (χ0n) is 9.09. The predicted octanol–water partition coefficient (Wildman–Crippen LogP) is 3.44. The van der Waals surface area contributed by atoms with Crippen LogP contribution in [0.1, 0.15) is 33.0 Å². The lowest BCUT2D eigenvalue weighted by Crippen LogP contribution is -2.18. The fraction of sp³-hybridized carbons (Fsp3) is 0.545. The average Bonchev–Trinajstić information content (AvgIpc) is 2.32. The van der Waals surface area contributed by atoms with Gasteiger partial charge in [-0.15, -0.1) is 11.8 Å². The van der Waals surface area contributed by atoms with Gasteiger partial charge in [0.15, 0.2) is 0 Å². The molecule has 0 unspecified atom stereocenters. The number of aryl methyl sites for hydroxylation is 1. The maximum atomic E-state index is 11.0. The van der Waals surface area contributed by atoms with Crippen LogP contribution in [0.25, 0.3) is 0 Å². The topological polar surface area (TPSA) is 30.2 Å². The van der Waals surface area contributed by atoms with Gasteiger partial charge in [0.25, 0.3) is 0 Å². The Labute approximate surface area is 89.1 Å². The highest BCUT2D eigenvalue weighted by Crippen LogP contribution is 2.37. The minimum atomic E-state index is -0.0551. The van der Waals surface area contributed by atoms with E-state index in [1.165, 1.54) is 0 Å². The number of ketones is 1. The highest BCUT2D eigenvalue weighted by atomic mass is 32.2. The second-order valence-corrected chi connectivity index (χ2v) is 5.83. The Bertz CT molecular complexity index is 326. The van der Waals surface area contributed by atoms with Crippen LogP contribution >= 0.6 is 11.8 Å². The molecule has 0 bridgehead atoms. The molecule has 0 saturated heterocycles. The van der Waals surface area contributed by atoms with Crippen molar-refractivity contribution in [1.82, 2.24) is 0 Å². The molecule has 0 aliphatic rings. The molecule has 1 aromatic rings. The third-order valence-corrected chi connectivity index (χ3v) is 3.21. The third-order valence-electron chi connectivity index (χ3n) is 1.87. The van der Waals surface area contributed by atoms with Crippen molar-refractivity contribution in [3.05, 3.63) is 18.1 Å². The van der Waals surface area contributed by atoms with Gasteiger partial charge in [-0.1, -0.05) is 0 Å². The molecule has 3 heteroatoms. The van der Waals surface area contributed by atoms with Crippen molar-refractivity contribution in [2.24, 2.45) is 0 Å². The van der Waals surface area contributed by atoms with Crippen molar-refractivity contribution in [2.75, 3.05) is 0 Å². The molecule has 0 amide bonds. The smallest absolute Gasteiger partial charge is 0.131 e. The first-order valence-corrected chi connectivity index (χ1v) is 5.45. The summed E-state index contributed by atoms with van der Waals surface area (Å²) < 4.78 is 5.15. The Morgan fingerprint density at radius 3 is 2.64 bits per heavy atom. The molecule has 0 radical (unpaired) electrons. The lowest BCUT2D eigenvalue weighted by atomic mass is 10.1. The lowest BCUT2D eigenvalue weighted by Gasteiger charge is -2.21. The maximum absolute atomic E-state index is 11.0. The number of carbonyl (C=O) groups excluding carboxylic acids is 1. The Hall–Kier alpha value is -0.700. The van der Waals surface area contributed by atoms with Gasteiger partial charge in [0, 0.05) is 16.1 Å². The van der Waals surface area contributed by atoms with Crippen LogP contribution in [0.3, 0.4) is 0 Å². The second-order valence-electron chi connectivity index (χ2n) is 4.08. The van der Waals surface area contributed by atoms with Crippen LogP contribution in [-0.4, -0.2) is 10.5 Å². The fourth-order valence-electron chi connectivity index (χ4n) is 1.41. The predicted molar refractivity (Wildman–Crippen MR) is 58.7 cm³/mol. The molecule has 0 spiro atoms. The molecule has 0 N–H and O–H groups in total. The van der Waals surface area contributed by atoms with E-state index in [2.05, 4.69) is 13.8 Å². The molecule has 1 heterocycles. The van der Waals surface area contributed by atoms with Crippen LogP contribution in [0.2, 0.25) is 0 Å². The monoisotopic (exact) mass is 212 g/mol. The van der Waals surface area contributed by atoms with E-state index in [0.29, 0.717) is 6.42 Å². The van der Waals surface area contributed by atoms with E-state index in [1.807, 2.05) is 13.0 Å². The highest BCUT2D eigenvalue weighted by molar-refractivity contribution is 8.00. The minimum Gasteiger partial charge on any atom is -0.468 e. The number of rotatable bonds is 4. The van der Waals surface area contributed by atoms with Gasteiger partial charge in [-0.05, 0) is 33.8 Å². The van der Waals surface area contributed by atoms with Gasteiger partial charge in [0.05, 0.1) is 6.26 Å². The summed E-state index contributed by atoms with van der Waals surface area (Å²) in [5.41, 5.74) is 0. The molecular weight excluding hydrogens is 196 g/mol. The van der Waals surface area contributed by atoms with Gasteiger partial charge >= 0.3 is 0 Å². The number of Topliss-reactive ketones (excluding diaryl/α,β-unsaturated/α-hetero) is 1. The number of carbonyl (C=O) groups is 1. The molecule has 0 saturated carbocycles. The van der Waals surface area contributed by atoms with Crippen LogP contribution in [0.5, 0.6) is 0 Å². The molecule has 0 aliphatic heterocycles. The highest BCUT2D eigenvalue weighted by Gasteiger charge is 2.22. The van der Waals surface area contributed by atoms with E-state index < -0.39 is 0 Å². The normalized spacial score (nSPS) is 11.7. The van der Waals surface area contributed by atoms with Crippen molar-refractivity contribution in [3.8, 4) is 0 Å². The molecule has 0 fully saturated rings. The number of hydrogen-bond acceptors (Lipinski definition) is 3. The molecule has 2 nitrogen and oxygen atoms in total. The summed E-state index contributed by atoms with van der Waals surface area (Å²) in [6.07, 6.45) is 2.27. The average molecular weight is 212 g/mol. The maximum Gasteiger partial charge on any atom is 0.131 e. The quantitative estimate of drug-likeness (QED) is 0.716. The second kappa shape index (κ2) is 4.22. The van der Waals surface area contributed by atoms with Gasteiger partial charge in [-0.3, -0.25) is 4.79 Å². The minimum absolute atomic E-state index is 0.0551. The van der Waals surface area contributed by atoms with E-state index in [-0.39, 0.29) is 10.5 Å². The Morgan fingerprint density at radius 2 is 2.21 bits per heavy atom. The third kappa shape index (κ3) is 3.22. The van der Waals surface area contributed by atoms with E-state index in [0.717, 1.165) is 10.7 Å². The summed E-state index contributed by atoms with van der Waals surface area (Å²) in [6.45, 7) is 7.72. The summed E-state index contributed by atoms with van der Waals surface area (Å²) in [4.78, 5) is 12.2. The fourth-order valence-corrected chi connectivity index (χ4v) is 2.60. The lowest BCUT2D eigenvalue weighted by molar-refractivity contribution is -0.117. The van der Waals surface area contributed by atoms with E-state index in [4.69, 9.17) is 4.42 Å². The molecule has 1 rings (SSSR count). The summed E-state index contributed by atoms with van der Waals surface area (Å²) in [5, 5.41) is 0. The van der Waals surface area contributed by atoms with Crippen LogP contribution in [-0.2, 0) is 4.79 Å². The molecule has 0 atom stereocenters. The van der Waals surface area contributed by atoms with Gasteiger partial charge in [0.2, 0.25) is 0 Å². The Kier molecular flexibility index (Phi) is 3.43. The van der Waals surface area contributed by atoms with Crippen molar-refractivity contribution in [1.29, 1.82) is 0 Å². The molecule has 1 aromatic heterocycles. The SMILES string of the molecule is CC(=O)CC(C)(C)Sc1ccoc1C. The summed E-state index contributed by atoms with van der Waals surface area (Å²) in [5.74, 6) is 1.15. The summed E-state index contributed by atoms with van der Waals surface area (Å²) >= 11 is 1.69. The molecule has 0 aromatic carbocycles. The zero-order valence-corrected chi connectivity index (χ0v) is 9.90. The van der Waals surface area contributed by atoms with Crippen molar-refractivity contribution >= 4 is 17.5 Å². The van der Waals surface area contributed by atoms with Crippen LogP contribution in [0, 0.1) is 6.92 Å². The van der Waals surface area contributed by atoms with Crippen LogP contribution < -0.4 is 0 Å². The van der Waals surface area contributed by atoms with Gasteiger partial charge < -0.3 is 4.42 Å². The largest absolute Gasteiger partial charge is 0.468 e. The standard InChI is InChI=1S/C11H16O2S/c1-8(12)7-11(3,4)14-10-5-6-13-9(10)2/h5-6H,7H2,1-4H3. The Morgan fingerprint density at radius 1 is 1.57 bits per heavy atom. The van der Waals surface area contributed by atoms with Gasteiger partial charge in [-0.2, -0.15) is 0 Å². The first-order valence-electron chi connectivity index (χ1n) is 4.63. The van der Waals surface area contributed by atoms with Crippen LogP contribution in [0.15, 0.2) is 21.6 Å². The van der Waals surface area contributed by atoms with Crippen molar-refractivity contribution in [2.45, 2.75) is 43.8 Å². The Balaban J connectivity index is 2.68. The molecule has 78 valence electrons. The van der Waals surface area contributed by atoms with E-state index in [1.54, 1.807) is 24.9 Å². The summed E-state index contributed by atoms with van der Waals surface area (Å²) in [6, 6.07) is 1.95. The molecule has 14 heavy (non-hydrogen) atoms. The van der Waals surface area contributed by atoms with Crippen molar-refractivity contribution < 1.29 is 9.21 Å². The summed E-state index contributed by atoms with van der Waals surface area (Å²) in [7, 11) is 0. The first-order chi connectivity index (χ1) is 6.41. The van der Waals surface area contributed by atoms with Gasteiger partial charge in [0.1, 0.15) is 11.5 Å². The first kappa shape index (κ1) is 11.4. The number of thioether (sulfide) groups is 1. The van der Waals surface area contributed by atoms with Gasteiger partial charge in [-0.25, -0.2) is 0 Å². The number of hydrogen-bond donors (Lipinski definition) is 0. The van der Waals surface area contributed by atoms with E-state index in [9.17, 15) is 4.79 Å². The molecular formula is C11H16O2S. The van der Waals surface area contributed by atoms with E-state index >= 15 is 0 Å².